The Morgan fingerprint density at radius 2 is 1.70 bits per heavy atom. The number of anilines is 1. The molecule has 1 amide bonds. The van der Waals surface area contributed by atoms with Crippen LogP contribution in [0.2, 0.25) is 0 Å². The van der Waals surface area contributed by atoms with Crippen molar-refractivity contribution in [2.45, 2.75) is 27.7 Å². The maximum atomic E-state index is 11.9. The normalized spacial score (nSPS) is 10.7. The summed E-state index contributed by atoms with van der Waals surface area (Å²) in [6.45, 7) is 12.4. The summed E-state index contributed by atoms with van der Waals surface area (Å²) in [6.07, 6.45) is 3.19. The zero-order valence-corrected chi connectivity index (χ0v) is 12.9. The number of carbonyl (C=O) groups excluding carboxylic acids is 1. The van der Waals surface area contributed by atoms with Gasteiger partial charge in [0.15, 0.2) is 0 Å². The molecule has 1 aromatic heterocycles. The summed E-state index contributed by atoms with van der Waals surface area (Å²) >= 11 is 0. The summed E-state index contributed by atoms with van der Waals surface area (Å²) in [5.74, 6) is 0.616. The van der Waals surface area contributed by atoms with Crippen molar-refractivity contribution >= 4 is 11.7 Å². The summed E-state index contributed by atoms with van der Waals surface area (Å²) < 4.78 is 0. The molecule has 1 rings (SSSR count). The minimum atomic E-state index is -0.185. The van der Waals surface area contributed by atoms with Crippen LogP contribution in [0.15, 0.2) is 12.4 Å². The van der Waals surface area contributed by atoms with Crippen molar-refractivity contribution in [1.82, 2.24) is 20.2 Å². The van der Waals surface area contributed by atoms with Crippen LogP contribution in [0.5, 0.6) is 0 Å². The quantitative estimate of drug-likeness (QED) is 0.728. The number of hydrogen-bond acceptors (Lipinski definition) is 5. The molecule has 0 saturated heterocycles. The average molecular weight is 279 g/mol. The lowest BCUT2D eigenvalue weighted by Gasteiger charge is -2.19. The molecular weight excluding hydrogens is 254 g/mol. The van der Waals surface area contributed by atoms with Gasteiger partial charge in [0, 0.05) is 13.1 Å². The lowest BCUT2D eigenvalue weighted by molar-refractivity contribution is 0.0920. The Bertz CT molecular complexity index is 399. The van der Waals surface area contributed by atoms with Crippen LogP contribution >= 0.6 is 0 Å². The van der Waals surface area contributed by atoms with Gasteiger partial charge in [0.05, 0.1) is 19.1 Å². The molecule has 0 radical (unpaired) electrons. The Morgan fingerprint density at radius 1 is 1.05 bits per heavy atom. The molecule has 1 heterocycles. The largest absolute Gasteiger partial charge is 0.356 e. The molecule has 1 N–H and O–H groups in total. The molecule has 0 unspecified atom stereocenters. The second-order valence-corrected chi connectivity index (χ2v) is 4.40. The molecule has 0 aliphatic rings. The summed E-state index contributed by atoms with van der Waals surface area (Å²) in [4.78, 5) is 24.6. The van der Waals surface area contributed by atoms with Gasteiger partial charge in [-0.25, -0.2) is 9.97 Å². The smallest absolute Gasteiger partial charge is 0.272 e. The van der Waals surface area contributed by atoms with E-state index in [0.717, 1.165) is 32.0 Å². The van der Waals surface area contributed by atoms with Crippen LogP contribution in [-0.4, -0.2) is 53.6 Å². The molecule has 0 spiro atoms. The van der Waals surface area contributed by atoms with Gasteiger partial charge in [-0.15, -0.1) is 0 Å². The lowest BCUT2D eigenvalue weighted by Crippen LogP contribution is -2.37. The molecule has 0 atom stereocenters. The predicted octanol–water partition coefficient (Wildman–Crippen LogP) is 1.35. The minimum absolute atomic E-state index is 0.185. The van der Waals surface area contributed by atoms with E-state index in [1.54, 1.807) is 6.20 Å². The molecule has 20 heavy (non-hydrogen) atoms. The minimum Gasteiger partial charge on any atom is -0.356 e. The highest BCUT2D eigenvalue weighted by molar-refractivity contribution is 5.91. The zero-order valence-electron chi connectivity index (χ0n) is 12.9. The number of nitrogens with zero attached hydrogens (tertiary/aromatic N) is 4. The molecule has 0 saturated carbocycles. The number of hydrogen-bond donors (Lipinski definition) is 1. The second kappa shape index (κ2) is 8.47. The zero-order chi connectivity index (χ0) is 15.0. The fraction of sp³-hybridized carbons (Fsp3) is 0.643. The van der Waals surface area contributed by atoms with E-state index in [9.17, 15) is 4.79 Å². The fourth-order valence-corrected chi connectivity index (χ4v) is 1.87. The van der Waals surface area contributed by atoms with Crippen LogP contribution in [0.3, 0.4) is 0 Å². The van der Waals surface area contributed by atoms with E-state index in [4.69, 9.17) is 0 Å². The average Bonchev–Trinajstić information content (AvgIpc) is 2.50. The first-order valence-electron chi connectivity index (χ1n) is 7.23. The Balaban J connectivity index is 2.61. The van der Waals surface area contributed by atoms with Crippen LogP contribution in [0.1, 0.15) is 38.2 Å². The molecule has 0 aliphatic carbocycles. The summed E-state index contributed by atoms with van der Waals surface area (Å²) in [6, 6.07) is 0. The number of amides is 1. The van der Waals surface area contributed by atoms with Crippen LogP contribution in [0.4, 0.5) is 5.82 Å². The van der Waals surface area contributed by atoms with Crippen LogP contribution in [0.25, 0.3) is 0 Å². The first kappa shape index (κ1) is 16.4. The molecular formula is C14H25N5O. The van der Waals surface area contributed by atoms with Crippen molar-refractivity contribution in [2.24, 2.45) is 0 Å². The molecule has 6 nitrogen and oxygen atoms in total. The van der Waals surface area contributed by atoms with Crippen LogP contribution < -0.4 is 10.2 Å². The highest BCUT2D eigenvalue weighted by Gasteiger charge is 2.10. The van der Waals surface area contributed by atoms with Crippen molar-refractivity contribution in [3.8, 4) is 0 Å². The maximum absolute atomic E-state index is 11.9. The third-order valence-electron chi connectivity index (χ3n) is 3.32. The van der Waals surface area contributed by atoms with Gasteiger partial charge in [-0.3, -0.25) is 9.69 Å². The van der Waals surface area contributed by atoms with Gasteiger partial charge in [0.2, 0.25) is 0 Å². The second-order valence-electron chi connectivity index (χ2n) is 4.40. The van der Waals surface area contributed by atoms with Crippen molar-refractivity contribution in [3.63, 3.8) is 0 Å². The third-order valence-corrected chi connectivity index (χ3v) is 3.32. The lowest BCUT2D eigenvalue weighted by atomic mass is 10.4. The topological polar surface area (TPSA) is 61.4 Å². The number of carbonyl (C=O) groups is 1. The molecule has 6 heteroatoms. The highest BCUT2D eigenvalue weighted by atomic mass is 16.2. The molecule has 0 aromatic carbocycles. The standard InChI is InChI=1S/C14H25N5O/c1-5-18(6-2)11-17-14(20)12-9-16-13(10-15-12)19(7-3)8-4/h9-10H,5-8,11H2,1-4H3,(H,17,20). The van der Waals surface area contributed by atoms with Gasteiger partial charge in [-0.05, 0) is 26.9 Å². The molecule has 0 bridgehead atoms. The van der Waals surface area contributed by atoms with Crippen molar-refractivity contribution in [3.05, 3.63) is 18.1 Å². The predicted molar refractivity (Wildman–Crippen MR) is 80.8 cm³/mol. The van der Waals surface area contributed by atoms with Gasteiger partial charge in [-0.2, -0.15) is 0 Å². The van der Waals surface area contributed by atoms with E-state index >= 15 is 0 Å². The Kier molecular flexibility index (Phi) is 6.93. The summed E-state index contributed by atoms with van der Waals surface area (Å²) in [5, 5.41) is 2.85. The van der Waals surface area contributed by atoms with Gasteiger partial charge in [0.1, 0.15) is 11.5 Å². The number of nitrogens with one attached hydrogen (secondary N) is 1. The van der Waals surface area contributed by atoms with Gasteiger partial charge < -0.3 is 10.2 Å². The summed E-state index contributed by atoms with van der Waals surface area (Å²) in [7, 11) is 0. The first-order valence-corrected chi connectivity index (χ1v) is 7.23. The van der Waals surface area contributed by atoms with E-state index in [1.807, 2.05) is 0 Å². The van der Waals surface area contributed by atoms with E-state index in [2.05, 4.69) is 52.8 Å². The van der Waals surface area contributed by atoms with E-state index in [0.29, 0.717) is 12.4 Å². The van der Waals surface area contributed by atoms with Crippen molar-refractivity contribution < 1.29 is 4.79 Å². The van der Waals surface area contributed by atoms with Crippen LogP contribution in [0, 0.1) is 0 Å². The fourth-order valence-electron chi connectivity index (χ4n) is 1.87. The number of rotatable bonds is 8. The van der Waals surface area contributed by atoms with Gasteiger partial charge in [0.25, 0.3) is 5.91 Å². The van der Waals surface area contributed by atoms with Crippen molar-refractivity contribution in [2.75, 3.05) is 37.7 Å². The SMILES string of the molecule is CCN(CC)CNC(=O)c1cnc(N(CC)CC)cn1. The van der Waals surface area contributed by atoms with Crippen LogP contribution in [-0.2, 0) is 0 Å². The highest BCUT2D eigenvalue weighted by Crippen LogP contribution is 2.07. The number of aromatic nitrogens is 2. The Labute approximate surface area is 121 Å². The molecule has 0 fully saturated rings. The Morgan fingerprint density at radius 3 is 2.15 bits per heavy atom. The van der Waals surface area contributed by atoms with Gasteiger partial charge >= 0.3 is 0 Å². The summed E-state index contributed by atoms with van der Waals surface area (Å²) in [5.41, 5.74) is 0.355. The van der Waals surface area contributed by atoms with E-state index < -0.39 is 0 Å². The first-order chi connectivity index (χ1) is 9.65. The van der Waals surface area contributed by atoms with E-state index in [-0.39, 0.29) is 5.91 Å². The molecule has 112 valence electrons. The monoisotopic (exact) mass is 279 g/mol. The van der Waals surface area contributed by atoms with Crippen molar-refractivity contribution in [1.29, 1.82) is 0 Å². The molecule has 1 aromatic rings. The Hall–Kier alpha value is -1.69. The third kappa shape index (κ3) is 4.45. The molecule has 0 aliphatic heterocycles. The maximum Gasteiger partial charge on any atom is 0.272 e. The van der Waals surface area contributed by atoms with Gasteiger partial charge in [-0.1, -0.05) is 13.8 Å². The van der Waals surface area contributed by atoms with E-state index in [1.165, 1.54) is 6.20 Å².